The number of nitrogens with one attached hydrogen (secondary N) is 1. The highest BCUT2D eigenvalue weighted by atomic mass is 19.4. The third-order valence-corrected chi connectivity index (χ3v) is 4.81. The van der Waals surface area contributed by atoms with Crippen molar-refractivity contribution in [1.82, 2.24) is 10.2 Å². The van der Waals surface area contributed by atoms with E-state index in [2.05, 4.69) is 5.32 Å². The minimum Gasteiger partial charge on any atom is -0.497 e. The third kappa shape index (κ3) is 6.04. The van der Waals surface area contributed by atoms with Crippen molar-refractivity contribution in [2.45, 2.75) is 25.1 Å². The number of methoxy groups -OCH3 is 1. The molecule has 0 aliphatic carbocycles. The highest BCUT2D eigenvalue weighted by molar-refractivity contribution is 5.74. The summed E-state index contributed by atoms with van der Waals surface area (Å²) >= 11 is 0. The van der Waals surface area contributed by atoms with Crippen LogP contribution in [0.15, 0.2) is 48.5 Å². The lowest BCUT2D eigenvalue weighted by Crippen LogP contribution is -2.37. The number of carbonyl (C=O) groups is 1. The van der Waals surface area contributed by atoms with Gasteiger partial charge in [-0.1, -0.05) is 24.3 Å². The van der Waals surface area contributed by atoms with Gasteiger partial charge >= 0.3 is 12.2 Å². The van der Waals surface area contributed by atoms with Crippen molar-refractivity contribution < 1.29 is 27.4 Å². The standard InChI is InChI=1S/C21H23F3N2O3/c1-28-18-7-5-16(6-8-18)17-9-10-26(13-17)20(27)25-12-15-3-2-4-19(11-15)29-14-21(22,23)24/h2-8,11,17H,9-10,12-14H2,1H3,(H,25,27). The number of urea groups is 1. The Morgan fingerprint density at radius 1 is 1.17 bits per heavy atom. The zero-order valence-electron chi connectivity index (χ0n) is 16.0. The Morgan fingerprint density at radius 3 is 2.62 bits per heavy atom. The van der Waals surface area contributed by atoms with E-state index in [0.29, 0.717) is 18.7 Å². The van der Waals surface area contributed by atoms with Crippen LogP contribution in [0.1, 0.15) is 23.5 Å². The molecule has 1 saturated heterocycles. The summed E-state index contributed by atoms with van der Waals surface area (Å²) in [5, 5.41) is 2.82. The van der Waals surface area contributed by atoms with Crippen LogP contribution < -0.4 is 14.8 Å². The number of likely N-dealkylation sites (tertiary alicyclic amines) is 1. The summed E-state index contributed by atoms with van der Waals surface area (Å²) in [4.78, 5) is 14.2. The minimum absolute atomic E-state index is 0.120. The summed E-state index contributed by atoms with van der Waals surface area (Å²) in [7, 11) is 1.62. The maximum atomic E-state index is 12.5. The van der Waals surface area contributed by atoms with E-state index < -0.39 is 12.8 Å². The Balaban J connectivity index is 1.49. The molecule has 0 spiro atoms. The van der Waals surface area contributed by atoms with Crippen LogP contribution in [0.2, 0.25) is 0 Å². The van der Waals surface area contributed by atoms with Gasteiger partial charge < -0.3 is 19.7 Å². The van der Waals surface area contributed by atoms with E-state index in [0.717, 1.165) is 17.7 Å². The van der Waals surface area contributed by atoms with Gasteiger partial charge in [0.05, 0.1) is 7.11 Å². The van der Waals surface area contributed by atoms with Gasteiger partial charge in [0, 0.05) is 25.6 Å². The van der Waals surface area contributed by atoms with Crippen LogP contribution in [-0.2, 0) is 6.54 Å². The lowest BCUT2D eigenvalue weighted by molar-refractivity contribution is -0.153. The van der Waals surface area contributed by atoms with E-state index in [9.17, 15) is 18.0 Å². The van der Waals surface area contributed by atoms with E-state index in [1.807, 2.05) is 24.3 Å². The smallest absolute Gasteiger partial charge is 0.422 e. The van der Waals surface area contributed by atoms with Crippen molar-refractivity contribution in [3.8, 4) is 11.5 Å². The maximum Gasteiger partial charge on any atom is 0.422 e. The molecule has 2 aromatic carbocycles. The zero-order chi connectivity index (χ0) is 20.9. The molecule has 1 unspecified atom stereocenters. The molecule has 0 bridgehead atoms. The summed E-state index contributed by atoms with van der Waals surface area (Å²) in [5.41, 5.74) is 1.83. The van der Waals surface area contributed by atoms with Crippen molar-refractivity contribution in [1.29, 1.82) is 0 Å². The average Bonchev–Trinajstić information content (AvgIpc) is 3.21. The van der Waals surface area contributed by atoms with Gasteiger partial charge in [0.2, 0.25) is 0 Å². The van der Waals surface area contributed by atoms with Crippen molar-refractivity contribution in [3.05, 3.63) is 59.7 Å². The first-order chi connectivity index (χ1) is 13.8. The predicted octanol–water partition coefficient (Wildman–Crippen LogP) is 4.34. The van der Waals surface area contributed by atoms with Crippen LogP contribution in [0, 0.1) is 0 Å². The van der Waals surface area contributed by atoms with Gasteiger partial charge in [-0.3, -0.25) is 0 Å². The molecule has 0 radical (unpaired) electrons. The number of hydrogen-bond donors (Lipinski definition) is 1. The molecule has 1 aliphatic rings. The molecule has 1 atom stereocenters. The molecule has 2 aromatic rings. The largest absolute Gasteiger partial charge is 0.497 e. The quantitative estimate of drug-likeness (QED) is 0.774. The molecule has 8 heteroatoms. The van der Waals surface area contributed by atoms with E-state index in [4.69, 9.17) is 9.47 Å². The fourth-order valence-electron chi connectivity index (χ4n) is 3.29. The Labute approximate surface area is 167 Å². The number of alkyl halides is 3. The fraction of sp³-hybridized carbons (Fsp3) is 0.381. The zero-order valence-corrected chi connectivity index (χ0v) is 16.0. The van der Waals surface area contributed by atoms with Crippen molar-refractivity contribution in [2.24, 2.45) is 0 Å². The number of nitrogens with zero attached hydrogens (tertiary/aromatic N) is 1. The van der Waals surface area contributed by atoms with Gasteiger partial charge in [0.25, 0.3) is 0 Å². The normalized spacial score (nSPS) is 16.6. The molecule has 1 N–H and O–H groups in total. The number of benzene rings is 2. The van der Waals surface area contributed by atoms with Crippen LogP contribution in [0.4, 0.5) is 18.0 Å². The van der Waals surface area contributed by atoms with Crippen LogP contribution >= 0.6 is 0 Å². The Bertz CT molecular complexity index is 825. The fourth-order valence-corrected chi connectivity index (χ4v) is 3.29. The summed E-state index contributed by atoms with van der Waals surface area (Å²) in [5.74, 6) is 1.18. The first-order valence-corrected chi connectivity index (χ1v) is 9.29. The van der Waals surface area contributed by atoms with Crippen LogP contribution in [0.3, 0.4) is 0 Å². The second-order valence-corrected chi connectivity index (χ2v) is 6.91. The predicted molar refractivity (Wildman–Crippen MR) is 102 cm³/mol. The van der Waals surface area contributed by atoms with Crippen molar-refractivity contribution in [2.75, 3.05) is 26.8 Å². The van der Waals surface area contributed by atoms with Crippen molar-refractivity contribution >= 4 is 6.03 Å². The summed E-state index contributed by atoms with van der Waals surface area (Å²) in [6, 6.07) is 13.9. The highest BCUT2D eigenvalue weighted by Gasteiger charge is 2.29. The molecule has 1 heterocycles. The molecule has 0 saturated carbocycles. The monoisotopic (exact) mass is 408 g/mol. The lowest BCUT2D eigenvalue weighted by atomic mass is 9.98. The Hall–Kier alpha value is -2.90. The van der Waals surface area contributed by atoms with Gasteiger partial charge in [-0.05, 0) is 41.8 Å². The molecule has 156 valence electrons. The van der Waals surface area contributed by atoms with Gasteiger partial charge in [0.1, 0.15) is 11.5 Å². The Kier molecular flexibility index (Phi) is 6.51. The third-order valence-electron chi connectivity index (χ3n) is 4.81. The van der Waals surface area contributed by atoms with Crippen LogP contribution in [-0.4, -0.2) is 43.9 Å². The van der Waals surface area contributed by atoms with Gasteiger partial charge in [-0.2, -0.15) is 13.2 Å². The van der Waals surface area contributed by atoms with E-state index in [1.165, 1.54) is 12.1 Å². The number of hydrogen-bond acceptors (Lipinski definition) is 3. The second-order valence-electron chi connectivity index (χ2n) is 6.91. The Morgan fingerprint density at radius 2 is 1.93 bits per heavy atom. The maximum absolute atomic E-state index is 12.5. The van der Waals surface area contributed by atoms with Crippen LogP contribution in [0.5, 0.6) is 11.5 Å². The van der Waals surface area contributed by atoms with Gasteiger partial charge in [-0.15, -0.1) is 0 Å². The lowest BCUT2D eigenvalue weighted by Gasteiger charge is -2.18. The van der Waals surface area contributed by atoms with Crippen LogP contribution in [0.25, 0.3) is 0 Å². The number of rotatable bonds is 6. The summed E-state index contributed by atoms with van der Waals surface area (Å²) in [6.45, 7) is 0.138. The van der Waals surface area contributed by atoms with Crippen molar-refractivity contribution in [3.63, 3.8) is 0 Å². The summed E-state index contributed by atoms with van der Waals surface area (Å²) in [6.07, 6.45) is -3.51. The highest BCUT2D eigenvalue weighted by Crippen LogP contribution is 2.28. The summed E-state index contributed by atoms with van der Waals surface area (Å²) < 4.78 is 46.7. The van der Waals surface area contributed by atoms with E-state index in [1.54, 1.807) is 24.1 Å². The second kappa shape index (κ2) is 9.07. The average molecular weight is 408 g/mol. The number of amides is 2. The van der Waals surface area contributed by atoms with Gasteiger partial charge in [-0.25, -0.2) is 4.79 Å². The molecule has 5 nitrogen and oxygen atoms in total. The first-order valence-electron chi connectivity index (χ1n) is 9.29. The SMILES string of the molecule is COc1ccc(C2CCN(C(=O)NCc3cccc(OCC(F)(F)F)c3)C2)cc1. The number of carbonyl (C=O) groups excluding carboxylic acids is 1. The molecule has 0 aromatic heterocycles. The first kappa shape index (κ1) is 20.8. The number of ether oxygens (including phenoxy) is 2. The molecule has 2 amide bonds. The molecular formula is C21H23F3N2O3. The molecule has 3 rings (SSSR count). The number of halogens is 3. The molecule has 1 aliphatic heterocycles. The minimum atomic E-state index is -4.39. The molecular weight excluding hydrogens is 385 g/mol. The van der Waals surface area contributed by atoms with E-state index in [-0.39, 0.29) is 24.2 Å². The van der Waals surface area contributed by atoms with Gasteiger partial charge in [0.15, 0.2) is 6.61 Å². The molecule has 1 fully saturated rings. The topological polar surface area (TPSA) is 50.8 Å². The molecule has 29 heavy (non-hydrogen) atoms. The van der Waals surface area contributed by atoms with E-state index >= 15 is 0 Å².